The molecule has 0 aliphatic rings. The zero-order valence-electron chi connectivity index (χ0n) is 10.2. The van der Waals surface area contributed by atoms with E-state index in [9.17, 15) is 35.2 Å². The number of nitrogens with zero attached hydrogens (tertiary/aromatic N) is 1. The molecule has 0 aliphatic carbocycles. The van der Waals surface area contributed by atoms with Gasteiger partial charge in [0, 0.05) is 0 Å². The van der Waals surface area contributed by atoms with E-state index in [1.807, 2.05) is 0 Å². The van der Waals surface area contributed by atoms with Gasteiger partial charge in [0.05, 0.1) is 13.1 Å². The van der Waals surface area contributed by atoms with Crippen molar-refractivity contribution in [2.75, 3.05) is 26.2 Å². The Balaban J connectivity index is 4.43. The van der Waals surface area contributed by atoms with Crippen molar-refractivity contribution in [2.24, 2.45) is 0 Å². The van der Waals surface area contributed by atoms with Crippen LogP contribution in [0.5, 0.6) is 0 Å². The topological polar surface area (TPSA) is 83.9 Å². The van der Waals surface area contributed by atoms with Crippen molar-refractivity contribution in [3.63, 3.8) is 0 Å². The quantitative estimate of drug-likeness (QED) is 0.424. The van der Waals surface area contributed by atoms with Gasteiger partial charge in [0.2, 0.25) is 0 Å². The molecule has 0 unspecified atom stereocenters. The summed E-state index contributed by atoms with van der Waals surface area (Å²) in [6, 6.07) is 0. The van der Waals surface area contributed by atoms with Crippen LogP contribution in [-0.2, 0) is 19.6 Å². The van der Waals surface area contributed by atoms with E-state index in [0.717, 1.165) is 0 Å². The standard InChI is InChI=1S/C8H12F5NO5S/c1-2-14(4-7(9,10)11)3-6(15)19-5-8(12,13)20(16,17)18/h2-5H2,1H3,(H,16,17,18). The summed E-state index contributed by atoms with van der Waals surface area (Å²) < 4.78 is 93.8. The summed E-state index contributed by atoms with van der Waals surface area (Å²) in [5.41, 5.74) is 0. The van der Waals surface area contributed by atoms with Crippen LogP contribution in [0, 0.1) is 0 Å². The zero-order valence-corrected chi connectivity index (χ0v) is 11.0. The first-order valence-electron chi connectivity index (χ1n) is 5.08. The van der Waals surface area contributed by atoms with E-state index in [2.05, 4.69) is 4.74 Å². The molecule has 1 N–H and O–H groups in total. The second-order valence-corrected chi connectivity index (χ2v) is 5.24. The van der Waals surface area contributed by atoms with Crippen LogP contribution in [0.1, 0.15) is 6.92 Å². The number of alkyl halides is 5. The Bertz CT molecular complexity index is 435. The summed E-state index contributed by atoms with van der Waals surface area (Å²) >= 11 is 0. The van der Waals surface area contributed by atoms with Crippen molar-refractivity contribution in [1.82, 2.24) is 4.90 Å². The number of rotatable bonds is 7. The van der Waals surface area contributed by atoms with E-state index in [1.165, 1.54) is 6.92 Å². The van der Waals surface area contributed by atoms with Gasteiger partial charge in [0.1, 0.15) is 0 Å². The minimum absolute atomic E-state index is 0.205. The van der Waals surface area contributed by atoms with Gasteiger partial charge in [-0.1, -0.05) is 6.92 Å². The Kier molecular flexibility index (Phi) is 6.29. The van der Waals surface area contributed by atoms with E-state index in [0.29, 0.717) is 4.90 Å². The van der Waals surface area contributed by atoms with Crippen molar-refractivity contribution in [3.8, 4) is 0 Å². The van der Waals surface area contributed by atoms with Gasteiger partial charge in [-0.05, 0) is 6.54 Å². The predicted molar refractivity (Wildman–Crippen MR) is 55.6 cm³/mol. The second-order valence-electron chi connectivity index (χ2n) is 3.69. The molecule has 6 nitrogen and oxygen atoms in total. The molecule has 0 saturated carbocycles. The van der Waals surface area contributed by atoms with Crippen molar-refractivity contribution in [2.45, 2.75) is 18.4 Å². The SMILES string of the molecule is CCN(CC(=O)OCC(F)(F)S(=O)(=O)O)CC(F)(F)F. The van der Waals surface area contributed by atoms with Crippen LogP contribution < -0.4 is 0 Å². The molecule has 0 bridgehead atoms. The molecule has 0 fully saturated rings. The minimum atomic E-state index is -5.77. The number of esters is 1. The minimum Gasteiger partial charge on any atom is -0.457 e. The third-order valence-corrected chi connectivity index (χ3v) is 2.85. The highest BCUT2D eigenvalue weighted by atomic mass is 32.2. The normalized spacial score (nSPS) is 13.6. The van der Waals surface area contributed by atoms with E-state index in [1.54, 1.807) is 0 Å². The molecule has 0 aliphatic heterocycles. The van der Waals surface area contributed by atoms with E-state index >= 15 is 0 Å². The highest BCUT2D eigenvalue weighted by Gasteiger charge is 2.45. The molecule has 0 heterocycles. The van der Waals surface area contributed by atoms with Crippen LogP contribution in [0.15, 0.2) is 0 Å². The van der Waals surface area contributed by atoms with Crippen LogP contribution >= 0.6 is 0 Å². The number of hydrogen-bond donors (Lipinski definition) is 1. The molecule has 0 aromatic heterocycles. The fourth-order valence-electron chi connectivity index (χ4n) is 1.00. The summed E-state index contributed by atoms with van der Waals surface area (Å²) in [6.07, 6.45) is -4.59. The lowest BCUT2D eigenvalue weighted by Crippen LogP contribution is -2.40. The fraction of sp³-hybridized carbons (Fsp3) is 0.875. The lowest BCUT2D eigenvalue weighted by molar-refractivity contribution is -0.160. The summed E-state index contributed by atoms with van der Waals surface area (Å²) in [4.78, 5) is 11.6. The molecular formula is C8H12F5NO5S. The Morgan fingerprint density at radius 1 is 1.25 bits per heavy atom. The summed E-state index contributed by atoms with van der Waals surface area (Å²) in [7, 11) is -5.77. The Labute approximate surface area is 111 Å². The van der Waals surface area contributed by atoms with Crippen molar-refractivity contribution in [3.05, 3.63) is 0 Å². The van der Waals surface area contributed by atoms with Crippen LogP contribution in [-0.4, -0.2) is 61.5 Å². The molecule has 0 radical (unpaired) electrons. The molecule has 0 aromatic rings. The number of hydrogen-bond acceptors (Lipinski definition) is 5. The second kappa shape index (κ2) is 6.63. The molecular weight excluding hydrogens is 317 g/mol. The first kappa shape index (κ1) is 19.0. The zero-order chi connectivity index (χ0) is 16.2. The van der Waals surface area contributed by atoms with Gasteiger partial charge in [0.15, 0.2) is 6.61 Å². The molecule has 0 atom stereocenters. The number of carbonyl (C=O) groups is 1. The Morgan fingerprint density at radius 3 is 2.10 bits per heavy atom. The smallest absolute Gasteiger partial charge is 0.402 e. The first-order valence-corrected chi connectivity index (χ1v) is 6.52. The van der Waals surface area contributed by atoms with Gasteiger partial charge >= 0.3 is 27.5 Å². The highest BCUT2D eigenvalue weighted by Crippen LogP contribution is 2.21. The third-order valence-electron chi connectivity index (χ3n) is 1.98. The van der Waals surface area contributed by atoms with E-state index in [-0.39, 0.29) is 6.54 Å². The predicted octanol–water partition coefficient (Wildman–Crippen LogP) is 0.894. The summed E-state index contributed by atoms with van der Waals surface area (Å²) in [5.74, 6) is -1.47. The largest absolute Gasteiger partial charge is 0.457 e. The maximum Gasteiger partial charge on any atom is 0.402 e. The fourth-order valence-corrected chi connectivity index (χ4v) is 1.21. The molecule has 0 saturated heterocycles. The van der Waals surface area contributed by atoms with Crippen LogP contribution in [0.3, 0.4) is 0 Å². The Morgan fingerprint density at radius 2 is 1.75 bits per heavy atom. The van der Waals surface area contributed by atoms with Gasteiger partial charge in [-0.15, -0.1) is 0 Å². The molecule has 120 valence electrons. The van der Waals surface area contributed by atoms with Crippen LogP contribution in [0.4, 0.5) is 22.0 Å². The monoisotopic (exact) mass is 329 g/mol. The first-order chi connectivity index (χ1) is 8.78. The number of carbonyl (C=O) groups excluding carboxylic acids is 1. The molecule has 0 rings (SSSR count). The van der Waals surface area contributed by atoms with Gasteiger partial charge in [-0.2, -0.15) is 30.4 Å². The average Bonchev–Trinajstić information content (AvgIpc) is 2.22. The molecule has 0 spiro atoms. The van der Waals surface area contributed by atoms with Gasteiger partial charge in [-0.25, -0.2) is 0 Å². The molecule has 0 amide bonds. The van der Waals surface area contributed by atoms with Crippen molar-refractivity contribution < 1.29 is 44.5 Å². The highest BCUT2D eigenvalue weighted by molar-refractivity contribution is 7.86. The number of halogens is 5. The van der Waals surface area contributed by atoms with E-state index in [4.69, 9.17) is 4.55 Å². The Hall–Kier alpha value is -1.01. The lowest BCUT2D eigenvalue weighted by atomic mass is 10.4. The number of likely N-dealkylation sites (N-methyl/N-ethyl adjacent to an activating group) is 1. The molecule has 12 heteroatoms. The number of ether oxygens (including phenoxy) is 1. The molecule has 20 heavy (non-hydrogen) atoms. The van der Waals surface area contributed by atoms with Gasteiger partial charge in [-0.3, -0.25) is 14.2 Å². The van der Waals surface area contributed by atoms with Crippen molar-refractivity contribution >= 4 is 16.1 Å². The lowest BCUT2D eigenvalue weighted by Gasteiger charge is -2.21. The maximum absolute atomic E-state index is 12.7. The average molecular weight is 329 g/mol. The van der Waals surface area contributed by atoms with Gasteiger partial charge in [0.25, 0.3) is 0 Å². The summed E-state index contributed by atoms with van der Waals surface area (Å²) in [6.45, 7) is -3.28. The van der Waals surface area contributed by atoms with Crippen molar-refractivity contribution in [1.29, 1.82) is 0 Å². The summed E-state index contributed by atoms with van der Waals surface area (Å²) in [5, 5.41) is -4.72. The maximum atomic E-state index is 12.7. The van der Waals surface area contributed by atoms with E-state index < -0.39 is 47.2 Å². The van der Waals surface area contributed by atoms with Crippen LogP contribution in [0.25, 0.3) is 0 Å². The van der Waals surface area contributed by atoms with Crippen LogP contribution in [0.2, 0.25) is 0 Å². The molecule has 0 aromatic carbocycles. The van der Waals surface area contributed by atoms with Gasteiger partial charge < -0.3 is 4.74 Å². The third kappa shape index (κ3) is 6.96.